The molecule has 54 valence electrons. The lowest BCUT2D eigenvalue weighted by Gasteiger charge is -2.00. The second-order valence-electron chi connectivity index (χ2n) is 1.85. The molecular weight excluding hydrogens is 148 g/mol. The topological polar surface area (TPSA) is 105 Å². The van der Waals surface area contributed by atoms with Crippen LogP contribution in [-0.4, -0.2) is 23.4 Å². The Balaban J connectivity index is 2.54. The van der Waals surface area contributed by atoms with Gasteiger partial charge in [0.25, 0.3) is 0 Å². The van der Waals surface area contributed by atoms with Crippen LogP contribution in [0.2, 0.25) is 0 Å². The lowest BCUT2D eigenvalue weighted by Crippen LogP contribution is -2.32. The molecule has 0 aromatic rings. The average molecular weight is 150 g/mol. The van der Waals surface area contributed by atoms with E-state index in [1.54, 1.807) is 0 Å². The van der Waals surface area contributed by atoms with Gasteiger partial charge in [0, 0.05) is 0 Å². The largest absolute Gasteiger partial charge is 0.382 e. The fourth-order valence-corrected chi connectivity index (χ4v) is 0.714. The van der Waals surface area contributed by atoms with Gasteiger partial charge < -0.3 is 5.73 Å². The van der Waals surface area contributed by atoms with E-state index in [1.807, 2.05) is 0 Å². The van der Waals surface area contributed by atoms with Gasteiger partial charge in [-0.25, -0.2) is 4.79 Å². The number of carbonyl (C=O) groups is 1. The normalized spacial score (nSPS) is 20.7. The summed E-state index contributed by atoms with van der Waals surface area (Å²) in [6.45, 7) is 0. The highest BCUT2D eigenvalue weighted by atomic mass is 16.2. The molecule has 0 aliphatic carbocycles. The summed E-state index contributed by atoms with van der Waals surface area (Å²) in [7, 11) is 0. The first-order valence-corrected chi connectivity index (χ1v) is 2.73. The zero-order chi connectivity index (χ0) is 7.84. The number of urea groups is 1. The molecule has 0 radical (unpaired) electrons. The van der Waals surface area contributed by atoms with Gasteiger partial charge in [0.05, 0.1) is 0 Å². The van der Waals surface area contributed by atoms with Gasteiger partial charge in [-0.1, -0.05) is 0 Å². The molecule has 0 atom stereocenters. The summed E-state index contributed by atoms with van der Waals surface area (Å²) >= 11 is 0. The summed E-state index contributed by atoms with van der Waals surface area (Å²) in [5.41, 5.74) is 5.58. The maximum Gasteiger partial charge on any atom is 0.371 e. The van der Waals surface area contributed by atoms with Gasteiger partial charge >= 0.3 is 6.03 Å². The predicted octanol–water partition coefficient (Wildman–Crippen LogP) is -0.302. The molecule has 2 rings (SSSR count). The summed E-state index contributed by atoms with van der Waals surface area (Å²) in [6.07, 6.45) is 0. The molecule has 0 spiro atoms. The Kier molecular flexibility index (Phi) is 0.945. The number of hydrogen-bond donors (Lipinski definition) is 1. The molecule has 0 saturated carbocycles. The fourth-order valence-electron chi connectivity index (χ4n) is 0.714. The number of rotatable bonds is 0. The van der Waals surface area contributed by atoms with Gasteiger partial charge in [0.2, 0.25) is 5.84 Å². The van der Waals surface area contributed by atoms with E-state index < -0.39 is 6.03 Å². The number of hydrogen-bond acceptors (Lipinski definition) is 5. The van der Waals surface area contributed by atoms with Gasteiger partial charge in [0.1, 0.15) is 0 Å². The highest BCUT2D eigenvalue weighted by molar-refractivity contribution is 6.70. The summed E-state index contributed by atoms with van der Waals surface area (Å²) in [5.74, 6) is 0.160. The van der Waals surface area contributed by atoms with E-state index in [4.69, 9.17) is 5.73 Å². The molecule has 0 aromatic carbocycles. The van der Waals surface area contributed by atoms with Crippen molar-refractivity contribution in [3.05, 3.63) is 0 Å². The summed E-state index contributed by atoms with van der Waals surface area (Å²) in [4.78, 5) is 17.4. The highest BCUT2D eigenvalue weighted by Gasteiger charge is 2.24. The number of fused-ring (bicyclic) bond motifs is 1. The zero-order valence-corrected chi connectivity index (χ0v) is 5.22. The van der Waals surface area contributed by atoms with Crippen LogP contribution in [0.15, 0.2) is 25.4 Å². The number of amides is 2. The molecule has 0 unspecified atom stereocenters. The Morgan fingerprint density at radius 3 is 2.91 bits per heavy atom. The first-order chi connectivity index (χ1) is 5.27. The van der Waals surface area contributed by atoms with Crippen molar-refractivity contribution in [3.8, 4) is 0 Å². The van der Waals surface area contributed by atoms with Gasteiger partial charge in [-0.05, 0) is 5.22 Å². The number of carbonyl (C=O) groups excluding carboxylic acids is 1. The number of aliphatic imine (C=N–C) groups is 2. The summed E-state index contributed by atoms with van der Waals surface area (Å²) in [5, 5.41) is 10.2. The fraction of sp³-hybridized carbons (Fsp3) is 0. The molecule has 0 fully saturated rings. The van der Waals surface area contributed by atoms with E-state index in [-0.39, 0.29) is 17.4 Å². The predicted molar refractivity (Wildman–Crippen MR) is 36.7 cm³/mol. The third-order valence-electron chi connectivity index (χ3n) is 1.16. The van der Waals surface area contributed by atoms with Crippen LogP contribution in [0.4, 0.5) is 4.79 Å². The lowest BCUT2D eigenvalue weighted by molar-refractivity contribution is 0.257. The van der Waals surface area contributed by atoms with Crippen LogP contribution in [0.3, 0.4) is 0 Å². The zero-order valence-electron chi connectivity index (χ0n) is 5.22. The Morgan fingerprint density at radius 1 is 1.27 bits per heavy atom. The smallest absolute Gasteiger partial charge is 0.371 e. The van der Waals surface area contributed by atoms with Crippen LogP contribution in [0.25, 0.3) is 0 Å². The Bertz CT molecular complexity index is 348. The maximum absolute atomic E-state index is 10.6. The molecule has 0 aromatic heterocycles. The molecule has 7 heteroatoms. The SMILES string of the molecule is NC1=NC(=O)N=C2N=NN=C12. The minimum absolute atomic E-state index is 0.0185. The van der Waals surface area contributed by atoms with E-state index in [0.29, 0.717) is 0 Å². The van der Waals surface area contributed by atoms with Crippen molar-refractivity contribution in [2.45, 2.75) is 0 Å². The average Bonchev–Trinajstić information content (AvgIpc) is 2.34. The van der Waals surface area contributed by atoms with E-state index in [1.165, 1.54) is 0 Å². The first-order valence-electron chi connectivity index (χ1n) is 2.73. The number of amidine groups is 2. The standard InChI is InChI=1S/C4H2N6O/c5-2-1-3(9-10-8-1)7-4(11)6-2/h(H2,5,6,11). The molecule has 0 saturated heterocycles. The van der Waals surface area contributed by atoms with Gasteiger partial charge in [-0.2, -0.15) is 9.98 Å². The van der Waals surface area contributed by atoms with Crippen molar-refractivity contribution in [1.82, 2.24) is 0 Å². The lowest BCUT2D eigenvalue weighted by atomic mass is 10.3. The van der Waals surface area contributed by atoms with Crippen LogP contribution in [0.5, 0.6) is 0 Å². The number of nitrogens with zero attached hydrogens (tertiary/aromatic N) is 5. The molecule has 2 aliphatic rings. The van der Waals surface area contributed by atoms with Crippen molar-refractivity contribution in [1.29, 1.82) is 0 Å². The molecule has 11 heavy (non-hydrogen) atoms. The van der Waals surface area contributed by atoms with Crippen LogP contribution < -0.4 is 5.73 Å². The van der Waals surface area contributed by atoms with E-state index >= 15 is 0 Å². The second kappa shape index (κ2) is 1.78. The van der Waals surface area contributed by atoms with Crippen molar-refractivity contribution in [2.75, 3.05) is 0 Å². The second-order valence-corrected chi connectivity index (χ2v) is 1.85. The van der Waals surface area contributed by atoms with Crippen molar-refractivity contribution >= 4 is 23.4 Å². The molecule has 7 nitrogen and oxygen atoms in total. The van der Waals surface area contributed by atoms with Crippen LogP contribution in [0, 0.1) is 0 Å². The van der Waals surface area contributed by atoms with Crippen molar-refractivity contribution < 1.29 is 4.79 Å². The molecule has 2 aliphatic heterocycles. The van der Waals surface area contributed by atoms with Gasteiger partial charge in [0.15, 0.2) is 11.5 Å². The quantitative estimate of drug-likeness (QED) is 0.511. The molecule has 2 N–H and O–H groups in total. The first kappa shape index (κ1) is 5.83. The minimum atomic E-state index is -0.669. The van der Waals surface area contributed by atoms with Gasteiger partial charge in [-0.3, -0.25) is 0 Å². The summed E-state index contributed by atoms with van der Waals surface area (Å²) < 4.78 is 0. The Labute approximate surface area is 60.4 Å². The Hall–Kier alpha value is -1.92. The van der Waals surface area contributed by atoms with Crippen LogP contribution in [-0.2, 0) is 0 Å². The third-order valence-corrected chi connectivity index (χ3v) is 1.16. The number of nitrogens with two attached hydrogens (primary N) is 1. The summed E-state index contributed by atoms with van der Waals surface area (Å²) in [6, 6.07) is -0.669. The van der Waals surface area contributed by atoms with Crippen LogP contribution >= 0.6 is 0 Å². The monoisotopic (exact) mass is 150 g/mol. The minimum Gasteiger partial charge on any atom is -0.382 e. The molecule has 2 amide bonds. The van der Waals surface area contributed by atoms with E-state index in [0.717, 1.165) is 0 Å². The van der Waals surface area contributed by atoms with Crippen LogP contribution in [0.1, 0.15) is 0 Å². The molecule has 2 heterocycles. The Morgan fingerprint density at radius 2 is 2.09 bits per heavy atom. The maximum atomic E-state index is 10.6. The van der Waals surface area contributed by atoms with E-state index in [2.05, 4.69) is 25.4 Å². The molecule has 0 bridgehead atoms. The third kappa shape index (κ3) is 0.741. The van der Waals surface area contributed by atoms with Crippen molar-refractivity contribution in [2.24, 2.45) is 31.2 Å². The highest BCUT2D eigenvalue weighted by Crippen LogP contribution is 2.05. The van der Waals surface area contributed by atoms with Gasteiger partial charge in [-0.15, -0.1) is 10.2 Å². The van der Waals surface area contributed by atoms with E-state index in [9.17, 15) is 4.79 Å². The van der Waals surface area contributed by atoms with Crippen molar-refractivity contribution in [3.63, 3.8) is 0 Å². The molecular formula is C4H2N6O.